The summed E-state index contributed by atoms with van der Waals surface area (Å²) >= 11 is 0. The minimum Gasteiger partial charge on any atom is -0.456 e. The van der Waals surface area contributed by atoms with Crippen molar-refractivity contribution in [3.05, 3.63) is 95.1 Å². The topological polar surface area (TPSA) is 105 Å². The quantitative estimate of drug-likeness (QED) is 0.337. The molecule has 1 amide bonds. The number of carbonyl (C=O) groups excluding carboxylic acids is 2. The lowest BCUT2D eigenvalue weighted by Crippen LogP contribution is -2.35. The second-order valence-electron chi connectivity index (χ2n) is 7.79. The Labute approximate surface area is 184 Å². The summed E-state index contributed by atoms with van der Waals surface area (Å²) < 4.78 is 12.1. The highest BCUT2D eigenvalue weighted by Gasteiger charge is 2.53. The Morgan fingerprint density at radius 1 is 1.00 bits per heavy atom. The van der Waals surface area contributed by atoms with Crippen molar-refractivity contribution in [3.63, 3.8) is 0 Å². The summed E-state index contributed by atoms with van der Waals surface area (Å²) in [5, 5.41) is 22.0. The summed E-state index contributed by atoms with van der Waals surface area (Å²) in [4.78, 5) is 24.9. The Hall–Kier alpha value is -3.88. The van der Waals surface area contributed by atoms with Crippen LogP contribution in [0.3, 0.4) is 0 Å². The molecule has 0 aromatic heterocycles. The van der Waals surface area contributed by atoms with Crippen molar-refractivity contribution in [2.75, 3.05) is 5.32 Å². The molecule has 1 unspecified atom stereocenters. The number of fused-ring (bicyclic) bond motifs is 6. The number of nitrogens with one attached hydrogen (secondary N) is 1. The van der Waals surface area contributed by atoms with Crippen molar-refractivity contribution in [2.45, 2.75) is 12.5 Å². The first-order valence-electron chi connectivity index (χ1n) is 9.94. The Kier molecular flexibility index (Phi) is 4.44. The first kappa shape index (κ1) is 20.1. The summed E-state index contributed by atoms with van der Waals surface area (Å²) in [5.41, 5.74) is 2.04. The van der Waals surface area contributed by atoms with E-state index < -0.39 is 18.7 Å². The van der Waals surface area contributed by atoms with E-state index in [9.17, 15) is 19.6 Å². The van der Waals surface area contributed by atoms with Crippen LogP contribution in [0.1, 0.15) is 34.0 Å². The molecule has 3 aromatic rings. The van der Waals surface area contributed by atoms with Gasteiger partial charge in [0, 0.05) is 34.0 Å². The molecule has 32 heavy (non-hydrogen) atoms. The molecule has 3 aromatic carbocycles. The normalized spacial score (nSPS) is 17.5. The van der Waals surface area contributed by atoms with Crippen LogP contribution in [0.2, 0.25) is 0 Å². The molecule has 1 atom stereocenters. The molecule has 0 fully saturated rings. The maximum atomic E-state index is 12.8. The summed E-state index contributed by atoms with van der Waals surface area (Å²) in [6.45, 7) is 5.24. The largest absolute Gasteiger partial charge is 0.488 e. The van der Waals surface area contributed by atoms with E-state index in [4.69, 9.17) is 9.47 Å². The number of hydrogen-bond donors (Lipinski definition) is 3. The van der Waals surface area contributed by atoms with Gasteiger partial charge in [-0.15, -0.1) is 0 Å². The lowest BCUT2D eigenvalue weighted by molar-refractivity contribution is -0.112. The van der Waals surface area contributed by atoms with Gasteiger partial charge in [-0.2, -0.15) is 0 Å². The minimum atomic E-state index is -1.69. The molecule has 0 bridgehead atoms. The molecule has 1 spiro atoms. The molecule has 5 rings (SSSR count). The van der Waals surface area contributed by atoms with E-state index in [1.165, 1.54) is 6.07 Å². The van der Waals surface area contributed by atoms with Crippen molar-refractivity contribution in [2.24, 2.45) is 0 Å². The van der Waals surface area contributed by atoms with E-state index >= 15 is 0 Å². The van der Waals surface area contributed by atoms with Gasteiger partial charge in [-0.3, -0.25) is 4.79 Å². The maximum Gasteiger partial charge on any atom is 0.488 e. The van der Waals surface area contributed by atoms with E-state index in [0.29, 0.717) is 45.0 Å². The van der Waals surface area contributed by atoms with Crippen molar-refractivity contribution in [3.8, 4) is 11.5 Å². The molecular weight excluding hydrogens is 409 g/mol. The van der Waals surface area contributed by atoms with Gasteiger partial charge in [-0.25, -0.2) is 4.79 Å². The van der Waals surface area contributed by atoms with Crippen LogP contribution >= 0.6 is 0 Å². The molecule has 0 radical (unpaired) electrons. The zero-order valence-electron chi connectivity index (χ0n) is 17.1. The van der Waals surface area contributed by atoms with Crippen LogP contribution in [0, 0.1) is 0 Å². The zero-order valence-corrected chi connectivity index (χ0v) is 17.1. The van der Waals surface area contributed by atoms with E-state index in [1.807, 2.05) is 12.1 Å². The Bertz CT molecular complexity index is 1320. The predicted octanol–water partition coefficient (Wildman–Crippen LogP) is 2.45. The van der Waals surface area contributed by atoms with Gasteiger partial charge in [-0.1, -0.05) is 36.9 Å². The number of benzene rings is 3. The molecule has 7 nitrogen and oxygen atoms in total. The number of anilines is 1. The fourth-order valence-corrected chi connectivity index (χ4v) is 4.17. The number of amides is 1. The molecule has 2 heterocycles. The molecule has 0 aliphatic carbocycles. The van der Waals surface area contributed by atoms with Crippen LogP contribution < -0.4 is 15.5 Å². The Morgan fingerprint density at radius 3 is 2.41 bits per heavy atom. The summed E-state index contributed by atoms with van der Waals surface area (Å²) in [5.74, 6) is -0.119. The molecule has 2 aliphatic rings. The van der Waals surface area contributed by atoms with Crippen LogP contribution in [0.4, 0.5) is 5.69 Å². The summed E-state index contributed by atoms with van der Waals surface area (Å²) in [6.07, 6.45) is 0. The number of rotatable bonds is 3. The molecular formula is C24H18BNO6. The van der Waals surface area contributed by atoms with Crippen molar-refractivity contribution in [1.82, 2.24) is 0 Å². The van der Waals surface area contributed by atoms with Crippen LogP contribution in [0.5, 0.6) is 11.5 Å². The Balaban J connectivity index is 1.74. The fourth-order valence-electron chi connectivity index (χ4n) is 4.17. The highest BCUT2D eigenvalue weighted by atomic mass is 16.6. The standard InChI is InChI=1S/C24H18BNO6/c1-13(2)22(27)26-15-8-10-19-21(12-15)31-20-11-14(25(29)30)7-9-18(20)24(19)17-6-4-3-5-16(17)23(28)32-24/h3-12,29-30H,1H2,2H3,(H,26,27). The molecule has 3 N–H and O–H groups in total. The summed E-state index contributed by atoms with van der Waals surface area (Å²) in [6, 6.07) is 16.9. The van der Waals surface area contributed by atoms with Crippen molar-refractivity contribution < 1.29 is 29.1 Å². The van der Waals surface area contributed by atoms with Crippen LogP contribution in [-0.4, -0.2) is 29.0 Å². The van der Waals surface area contributed by atoms with Gasteiger partial charge < -0.3 is 24.8 Å². The van der Waals surface area contributed by atoms with E-state index in [0.717, 1.165) is 0 Å². The second-order valence-corrected chi connectivity index (χ2v) is 7.79. The van der Waals surface area contributed by atoms with Crippen molar-refractivity contribution in [1.29, 1.82) is 0 Å². The summed E-state index contributed by atoms with van der Waals surface area (Å²) in [7, 11) is -1.69. The fraction of sp³-hybridized carbons (Fsp3) is 0.0833. The molecule has 2 aliphatic heterocycles. The van der Waals surface area contributed by atoms with Gasteiger partial charge in [0.05, 0.1) is 5.56 Å². The third-order valence-electron chi connectivity index (χ3n) is 5.68. The van der Waals surface area contributed by atoms with Crippen LogP contribution in [0.25, 0.3) is 0 Å². The average Bonchev–Trinajstić information content (AvgIpc) is 3.06. The third-order valence-corrected chi connectivity index (χ3v) is 5.68. The zero-order chi connectivity index (χ0) is 22.6. The lowest BCUT2D eigenvalue weighted by Gasteiger charge is -2.36. The molecule has 0 saturated heterocycles. The number of carbonyl (C=O) groups is 2. The van der Waals surface area contributed by atoms with Gasteiger partial charge in [0.25, 0.3) is 5.91 Å². The lowest BCUT2D eigenvalue weighted by atomic mass is 9.74. The molecule has 158 valence electrons. The van der Waals surface area contributed by atoms with Gasteiger partial charge in [0.15, 0.2) is 5.60 Å². The second kappa shape index (κ2) is 7.08. The average molecular weight is 427 g/mol. The van der Waals surface area contributed by atoms with E-state index in [-0.39, 0.29) is 11.4 Å². The first-order valence-corrected chi connectivity index (χ1v) is 9.94. The van der Waals surface area contributed by atoms with Crippen LogP contribution in [-0.2, 0) is 15.1 Å². The number of hydrogen-bond acceptors (Lipinski definition) is 6. The predicted molar refractivity (Wildman–Crippen MR) is 118 cm³/mol. The van der Waals surface area contributed by atoms with Gasteiger partial charge in [0.2, 0.25) is 0 Å². The Morgan fingerprint density at radius 2 is 1.69 bits per heavy atom. The van der Waals surface area contributed by atoms with E-state index in [2.05, 4.69) is 11.9 Å². The van der Waals surface area contributed by atoms with Crippen LogP contribution in [0.15, 0.2) is 72.8 Å². The van der Waals surface area contributed by atoms with Crippen molar-refractivity contribution >= 4 is 30.1 Å². The maximum absolute atomic E-state index is 12.8. The smallest absolute Gasteiger partial charge is 0.456 e. The molecule has 0 saturated carbocycles. The third kappa shape index (κ3) is 2.85. The first-order chi connectivity index (χ1) is 15.3. The van der Waals surface area contributed by atoms with E-state index in [1.54, 1.807) is 49.4 Å². The SMILES string of the molecule is C=C(C)C(=O)Nc1ccc2c(c1)Oc1cc(B(O)O)ccc1C21OC(=O)c2ccccc21. The highest BCUT2D eigenvalue weighted by molar-refractivity contribution is 6.58. The number of esters is 1. The van der Waals surface area contributed by atoms with Gasteiger partial charge in [0.1, 0.15) is 11.5 Å². The van der Waals surface area contributed by atoms with Gasteiger partial charge in [-0.05, 0) is 36.7 Å². The molecule has 8 heteroatoms. The van der Waals surface area contributed by atoms with Gasteiger partial charge >= 0.3 is 13.1 Å². The minimum absolute atomic E-state index is 0.228. The number of ether oxygens (including phenoxy) is 2. The highest BCUT2D eigenvalue weighted by Crippen LogP contribution is 2.56. The monoisotopic (exact) mass is 427 g/mol.